The van der Waals surface area contributed by atoms with Gasteiger partial charge in [-0.05, 0) is 20.8 Å². The summed E-state index contributed by atoms with van der Waals surface area (Å²) in [6.07, 6.45) is 0. The van der Waals surface area contributed by atoms with Crippen LogP contribution in [0.4, 0.5) is 0 Å². The van der Waals surface area contributed by atoms with E-state index >= 15 is 0 Å². The number of amides is 1. The summed E-state index contributed by atoms with van der Waals surface area (Å²) >= 11 is 0. The van der Waals surface area contributed by atoms with Crippen molar-refractivity contribution in [1.82, 2.24) is 9.80 Å². The Morgan fingerprint density at radius 1 is 1.28 bits per heavy atom. The Balaban J connectivity index is 4.65. The minimum atomic E-state index is -0.940. The number of hydrogen-bond donors (Lipinski definition) is 1. The number of aliphatic carboxylic acids is 1. The van der Waals surface area contributed by atoms with Crippen molar-refractivity contribution in [3.63, 3.8) is 0 Å². The fraction of sp³-hybridized carbons (Fsp3) is 0.833. The van der Waals surface area contributed by atoms with E-state index in [1.165, 1.54) is 0 Å². The van der Waals surface area contributed by atoms with Crippen molar-refractivity contribution in [3.8, 4) is 0 Å². The van der Waals surface area contributed by atoms with Gasteiger partial charge in [-0.25, -0.2) is 0 Å². The van der Waals surface area contributed by atoms with Gasteiger partial charge in [-0.1, -0.05) is 0 Å². The van der Waals surface area contributed by atoms with E-state index in [0.29, 0.717) is 26.2 Å². The maximum atomic E-state index is 12.1. The van der Waals surface area contributed by atoms with Crippen LogP contribution in [0.15, 0.2) is 0 Å². The Kier molecular flexibility index (Phi) is 8.32. The van der Waals surface area contributed by atoms with E-state index in [-0.39, 0.29) is 12.5 Å². The predicted molar refractivity (Wildman–Crippen MR) is 68.5 cm³/mol. The van der Waals surface area contributed by atoms with Gasteiger partial charge < -0.3 is 14.7 Å². The summed E-state index contributed by atoms with van der Waals surface area (Å²) in [5.41, 5.74) is 0. The van der Waals surface area contributed by atoms with Crippen molar-refractivity contribution in [2.24, 2.45) is 0 Å². The number of carboxylic acids is 1. The Bertz CT molecular complexity index is 267. The standard InChI is InChI=1S/C12H24N2O4/c1-5-13(6-2)12(17)10(3)14(7-8-18-4)9-11(15)16/h10H,5-9H2,1-4H3,(H,15,16). The molecule has 6 heteroatoms. The topological polar surface area (TPSA) is 70.1 Å². The Labute approximate surface area is 109 Å². The molecule has 0 radical (unpaired) electrons. The molecule has 0 aliphatic heterocycles. The molecule has 6 nitrogen and oxygen atoms in total. The van der Waals surface area contributed by atoms with Crippen LogP contribution >= 0.6 is 0 Å². The average Bonchev–Trinajstić information content (AvgIpc) is 2.34. The van der Waals surface area contributed by atoms with Crippen LogP contribution in [0.3, 0.4) is 0 Å². The largest absolute Gasteiger partial charge is 0.480 e. The van der Waals surface area contributed by atoms with Gasteiger partial charge in [0.05, 0.1) is 19.2 Å². The fourth-order valence-corrected chi connectivity index (χ4v) is 1.75. The Hall–Kier alpha value is -1.14. The predicted octanol–water partition coefficient (Wildman–Crippen LogP) is 0.276. The monoisotopic (exact) mass is 260 g/mol. The molecule has 0 bridgehead atoms. The van der Waals surface area contributed by atoms with Crippen molar-refractivity contribution < 1.29 is 19.4 Å². The fourth-order valence-electron chi connectivity index (χ4n) is 1.75. The van der Waals surface area contributed by atoms with Crippen molar-refractivity contribution >= 4 is 11.9 Å². The lowest BCUT2D eigenvalue weighted by molar-refractivity contribution is -0.142. The average molecular weight is 260 g/mol. The molecule has 0 fully saturated rings. The molecule has 0 aromatic heterocycles. The molecule has 0 rings (SSSR count). The van der Waals surface area contributed by atoms with E-state index in [4.69, 9.17) is 9.84 Å². The first-order valence-corrected chi connectivity index (χ1v) is 6.21. The Morgan fingerprint density at radius 3 is 2.22 bits per heavy atom. The number of methoxy groups -OCH3 is 1. The van der Waals surface area contributed by atoms with Crippen molar-refractivity contribution in [3.05, 3.63) is 0 Å². The minimum Gasteiger partial charge on any atom is -0.480 e. The summed E-state index contributed by atoms with van der Waals surface area (Å²) in [6.45, 7) is 7.49. The first-order valence-electron chi connectivity index (χ1n) is 6.21. The highest BCUT2D eigenvalue weighted by molar-refractivity contribution is 5.82. The van der Waals surface area contributed by atoms with Crippen LogP contribution in [0.5, 0.6) is 0 Å². The second-order valence-corrected chi connectivity index (χ2v) is 4.04. The van der Waals surface area contributed by atoms with E-state index in [2.05, 4.69) is 0 Å². The number of nitrogens with zero attached hydrogens (tertiary/aromatic N) is 2. The summed E-state index contributed by atoms with van der Waals surface area (Å²) in [5, 5.41) is 8.86. The van der Waals surface area contributed by atoms with Gasteiger partial charge in [-0.2, -0.15) is 0 Å². The summed E-state index contributed by atoms with van der Waals surface area (Å²) in [5.74, 6) is -0.984. The molecule has 1 atom stereocenters. The molecule has 1 amide bonds. The second-order valence-electron chi connectivity index (χ2n) is 4.04. The smallest absolute Gasteiger partial charge is 0.317 e. The molecule has 0 spiro atoms. The molecule has 0 aliphatic carbocycles. The van der Waals surface area contributed by atoms with Gasteiger partial charge >= 0.3 is 5.97 Å². The van der Waals surface area contributed by atoms with Gasteiger partial charge in [0.1, 0.15) is 0 Å². The lowest BCUT2D eigenvalue weighted by Crippen LogP contribution is -2.49. The van der Waals surface area contributed by atoms with E-state index < -0.39 is 12.0 Å². The molecule has 1 N–H and O–H groups in total. The first kappa shape index (κ1) is 16.9. The molecule has 0 saturated carbocycles. The number of ether oxygens (including phenoxy) is 1. The van der Waals surface area contributed by atoms with Gasteiger partial charge in [0.2, 0.25) is 5.91 Å². The second kappa shape index (κ2) is 8.88. The van der Waals surface area contributed by atoms with Crippen LogP contribution in [0.2, 0.25) is 0 Å². The van der Waals surface area contributed by atoms with Gasteiger partial charge in [-0.15, -0.1) is 0 Å². The minimum absolute atomic E-state index is 0.0441. The van der Waals surface area contributed by atoms with Crippen LogP contribution in [0, 0.1) is 0 Å². The van der Waals surface area contributed by atoms with Crippen molar-refractivity contribution in [2.45, 2.75) is 26.8 Å². The maximum absolute atomic E-state index is 12.1. The van der Waals surface area contributed by atoms with Crippen molar-refractivity contribution in [1.29, 1.82) is 0 Å². The molecule has 0 aliphatic rings. The maximum Gasteiger partial charge on any atom is 0.317 e. The highest BCUT2D eigenvalue weighted by Crippen LogP contribution is 2.04. The van der Waals surface area contributed by atoms with Crippen LogP contribution in [0.1, 0.15) is 20.8 Å². The highest BCUT2D eigenvalue weighted by atomic mass is 16.5. The van der Waals surface area contributed by atoms with E-state index in [1.54, 1.807) is 23.8 Å². The van der Waals surface area contributed by atoms with Gasteiger partial charge in [-0.3, -0.25) is 14.5 Å². The third-order valence-corrected chi connectivity index (χ3v) is 2.90. The molecule has 18 heavy (non-hydrogen) atoms. The number of carbonyl (C=O) groups excluding carboxylic acids is 1. The zero-order valence-electron chi connectivity index (χ0n) is 11.7. The Morgan fingerprint density at radius 2 is 1.83 bits per heavy atom. The van der Waals surface area contributed by atoms with Gasteiger partial charge in [0.15, 0.2) is 0 Å². The number of hydrogen-bond acceptors (Lipinski definition) is 4. The van der Waals surface area contributed by atoms with Crippen LogP contribution in [-0.2, 0) is 14.3 Å². The third kappa shape index (κ3) is 5.46. The zero-order valence-corrected chi connectivity index (χ0v) is 11.7. The summed E-state index contributed by atoms with van der Waals surface area (Å²) < 4.78 is 4.94. The number of carbonyl (C=O) groups is 2. The molecule has 0 saturated heterocycles. The number of likely N-dealkylation sites (N-methyl/N-ethyl adjacent to an activating group) is 1. The zero-order chi connectivity index (χ0) is 14.1. The number of rotatable bonds is 9. The van der Waals surface area contributed by atoms with E-state index in [0.717, 1.165) is 0 Å². The molecular formula is C12H24N2O4. The SMILES string of the molecule is CCN(CC)C(=O)C(C)N(CCOC)CC(=O)O. The normalized spacial score (nSPS) is 12.5. The lowest BCUT2D eigenvalue weighted by atomic mass is 10.2. The molecule has 1 unspecified atom stereocenters. The van der Waals surface area contributed by atoms with Crippen molar-refractivity contribution in [2.75, 3.05) is 39.9 Å². The molecule has 0 heterocycles. The molecule has 106 valence electrons. The molecular weight excluding hydrogens is 236 g/mol. The quantitative estimate of drug-likeness (QED) is 0.644. The molecule has 0 aromatic rings. The molecule has 0 aromatic carbocycles. The van der Waals surface area contributed by atoms with Crippen LogP contribution < -0.4 is 0 Å². The first-order chi connectivity index (χ1) is 8.47. The number of carboxylic acid groups (broad SMARTS) is 1. The van der Waals surface area contributed by atoms with Gasteiger partial charge in [0.25, 0.3) is 0 Å². The van der Waals surface area contributed by atoms with Crippen LogP contribution in [-0.4, -0.2) is 72.7 Å². The van der Waals surface area contributed by atoms with Crippen LogP contribution in [0.25, 0.3) is 0 Å². The summed E-state index contributed by atoms with van der Waals surface area (Å²) in [7, 11) is 1.55. The van der Waals surface area contributed by atoms with Gasteiger partial charge in [0, 0.05) is 26.7 Å². The summed E-state index contributed by atoms with van der Waals surface area (Å²) in [6, 6.07) is -0.448. The lowest BCUT2D eigenvalue weighted by Gasteiger charge is -2.30. The third-order valence-electron chi connectivity index (χ3n) is 2.90. The summed E-state index contributed by atoms with van der Waals surface area (Å²) in [4.78, 5) is 26.3. The van der Waals surface area contributed by atoms with E-state index in [9.17, 15) is 9.59 Å². The van der Waals surface area contributed by atoms with E-state index in [1.807, 2.05) is 13.8 Å². The highest BCUT2D eigenvalue weighted by Gasteiger charge is 2.25.